The number of ether oxygens (including phenoxy) is 1. The summed E-state index contributed by atoms with van der Waals surface area (Å²) in [6.07, 6.45) is 6.02. The third kappa shape index (κ3) is 5.17. The van der Waals surface area contributed by atoms with Gasteiger partial charge in [0.15, 0.2) is 0 Å². The number of amides is 2. The number of imide groups is 1. The average molecular weight is 443 g/mol. The summed E-state index contributed by atoms with van der Waals surface area (Å²) in [6.45, 7) is 3.05. The van der Waals surface area contributed by atoms with E-state index in [1.807, 2.05) is 0 Å². The molecule has 0 aliphatic carbocycles. The zero-order valence-electron chi connectivity index (χ0n) is 17.8. The number of carbonyl (C=O) groups excluding carboxylic acids is 2. The fourth-order valence-corrected chi connectivity index (χ4v) is 4.56. The Morgan fingerprint density at radius 2 is 1.39 bits per heavy atom. The molecule has 2 aliphatic rings. The van der Waals surface area contributed by atoms with Crippen molar-refractivity contribution in [2.24, 2.45) is 0 Å². The minimum Gasteiger partial charge on any atom is -0.381 e. The van der Waals surface area contributed by atoms with Gasteiger partial charge in [-0.05, 0) is 49.9 Å². The Balaban J connectivity index is 0.00000272. The minimum absolute atomic E-state index is 0. The average Bonchev–Trinajstić information content (AvgIpc) is 3.04. The summed E-state index contributed by atoms with van der Waals surface area (Å²) in [5.74, 6) is -0.303. The Hall–Kier alpha value is -2.21. The van der Waals surface area contributed by atoms with Gasteiger partial charge in [0.1, 0.15) is 0 Å². The number of nitrogens with one attached hydrogen (secondary N) is 1. The highest BCUT2D eigenvalue weighted by Gasteiger charge is 2.35. The summed E-state index contributed by atoms with van der Waals surface area (Å²) in [5, 5.41) is 3.81. The lowest BCUT2D eigenvalue weighted by atomic mass is 9.82. The molecule has 2 aromatic rings. The predicted molar refractivity (Wildman–Crippen MR) is 124 cm³/mol. The summed E-state index contributed by atoms with van der Waals surface area (Å²) in [4.78, 5) is 26.2. The molecule has 2 heterocycles. The van der Waals surface area contributed by atoms with Crippen LogP contribution in [0.2, 0.25) is 0 Å². The molecule has 2 aliphatic heterocycles. The number of nitrogens with zero attached hydrogens (tertiary/aromatic N) is 1. The molecule has 166 valence electrons. The van der Waals surface area contributed by atoms with Crippen LogP contribution in [0.4, 0.5) is 0 Å². The van der Waals surface area contributed by atoms with Crippen molar-refractivity contribution in [2.75, 3.05) is 26.3 Å². The molecule has 0 saturated carbocycles. The van der Waals surface area contributed by atoms with Crippen LogP contribution in [0.25, 0.3) is 0 Å². The van der Waals surface area contributed by atoms with Gasteiger partial charge in [0.05, 0.1) is 11.1 Å². The van der Waals surface area contributed by atoms with E-state index in [4.69, 9.17) is 4.74 Å². The van der Waals surface area contributed by atoms with Crippen molar-refractivity contribution in [3.63, 3.8) is 0 Å². The molecule has 2 amide bonds. The van der Waals surface area contributed by atoms with E-state index in [0.717, 1.165) is 58.3 Å². The highest BCUT2D eigenvalue weighted by atomic mass is 35.5. The van der Waals surface area contributed by atoms with Crippen molar-refractivity contribution in [2.45, 2.75) is 44.1 Å². The second-order valence-corrected chi connectivity index (χ2v) is 8.21. The van der Waals surface area contributed by atoms with Gasteiger partial charge in [0, 0.05) is 25.3 Å². The van der Waals surface area contributed by atoms with Crippen LogP contribution in [0, 0.1) is 0 Å². The Bertz CT molecular complexity index is 846. The first kappa shape index (κ1) is 23.5. The molecular weight excluding hydrogens is 412 g/mol. The van der Waals surface area contributed by atoms with Crippen LogP contribution in [-0.2, 0) is 10.3 Å². The third-order valence-electron chi connectivity index (χ3n) is 6.32. The number of unbranched alkanes of at least 4 members (excludes halogenated alkanes) is 3. The highest BCUT2D eigenvalue weighted by Crippen LogP contribution is 2.32. The number of fused-ring (bicyclic) bond motifs is 1. The van der Waals surface area contributed by atoms with Crippen LogP contribution in [0.3, 0.4) is 0 Å². The molecule has 0 radical (unpaired) electrons. The van der Waals surface area contributed by atoms with Crippen molar-refractivity contribution in [3.8, 4) is 0 Å². The Morgan fingerprint density at radius 1 is 0.806 bits per heavy atom. The van der Waals surface area contributed by atoms with E-state index < -0.39 is 0 Å². The van der Waals surface area contributed by atoms with Crippen LogP contribution in [0.15, 0.2) is 54.6 Å². The summed E-state index contributed by atoms with van der Waals surface area (Å²) in [5.41, 5.74) is 2.43. The maximum atomic E-state index is 12.4. The van der Waals surface area contributed by atoms with E-state index in [9.17, 15) is 9.59 Å². The number of hydrogen-bond acceptors (Lipinski definition) is 4. The molecule has 0 spiro atoms. The number of rotatable bonds is 9. The van der Waals surface area contributed by atoms with Crippen molar-refractivity contribution in [1.82, 2.24) is 10.2 Å². The van der Waals surface area contributed by atoms with E-state index in [1.54, 1.807) is 24.3 Å². The van der Waals surface area contributed by atoms with Gasteiger partial charge in [0.25, 0.3) is 11.8 Å². The van der Waals surface area contributed by atoms with E-state index in [0.29, 0.717) is 17.7 Å². The molecule has 1 fully saturated rings. The summed E-state index contributed by atoms with van der Waals surface area (Å²) < 4.78 is 5.60. The standard InChI is InChI=1S/C25H30N2O3.ClH/c28-23-21-12-6-7-13-22(21)24(29)27(23)17-9-2-1-8-16-26-25(14-18-30-19-15-25)20-10-4-3-5-11-20;/h3-7,10-13,26H,1-2,8-9,14-19H2;1H. The van der Waals surface area contributed by atoms with Gasteiger partial charge in [-0.3, -0.25) is 14.5 Å². The van der Waals surface area contributed by atoms with Gasteiger partial charge >= 0.3 is 0 Å². The van der Waals surface area contributed by atoms with Gasteiger partial charge in [-0.25, -0.2) is 0 Å². The number of halogens is 1. The zero-order chi connectivity index (χ0) is 20.8. The molecule has 0 aromatic heterocycles. The molecule has 1 N–H and O–H groups in total. The van der Waals surface area contributed by atoms with Crippen molar-refractivity contribution >= 4 is 24.2 Å². The van der Waals surface area contributed by atoms with E-state index in [-0.39, 0.29) is 29.8 Å². The first-order chi connectivity index (χ1) is 14.7. The molecular formula is C25H31ClN2O3. The maximum absolute atomic E-state index is 12.4. The van der Waals surface area contributed by atoms with Crippen LogP contribution < -0.4 is 5.32 Å². The first-order valence-electron chi connectivity index (χ1n) is 11.0. The summed E-state index contributed by atoms with van der Waals surface area (Å²) in [7, 11) is 0. The van der Waals surface area contributed by atoms with Gasteiger partial charge < -0.3 is 10.1 Å². The lowest BCUT2D eigenvalue weighted by Gasteiger charge is -2.39. The Kier molecular flexibility index (Phi) is 8.24. The molecule has 2 aromatic carbocycles. The van der Waals surface area contributed by atoms with Gasteiger partial charge in [0.2, 0.25) is 0 Å². The largest absolute Gasteiger partial charge is 0.381 e. The molecule has 6 heteroatoms. The predicted octanol–water partition coefficient (Wildman–Crippen LogP) is 4.56. The Labute approximate surface area is 190 Å². The molecule has 31 heavy (non-hydrogen) atoms. The topological polar surface area (TPSA) is 58.6 Å². The Morgan fingerprint density at radius 3 is 2.03 bits per heavy atom. The van der Waals surface area contributed by atoms with Crippen molar-refractivity contribution in [3.05, 3.63) is 71.3 Å². The fraction of sp³-hybridized carbons (Fsp3) is 0.440. The monoisotopic (exact) mass is 442 g/mol. The lowest BCUT2D eigenvalue weighted by molar-refractivity contribution is 0.0365. The fourth-order valence-electron chi connectivity index (χ4n) is 4.56. The molecule has 4 rings (SSSR count). The summed E-state index contributed by atoms with van der Waals surface area (Å²) in [6, 6.07) is 17.8. The van der Waals surface area contributed by atoms with Crippen LogP contribution in [0.1, 0.15) is 64.8 Å². The second kappa shape index (κ2) is 10.9. The van der Waals surface area contributed by atoms with E-state index >= 15 is 0 Å². The minimum atomic E-state index is -0.151. The first-order valence-corrected chi connectivity index (χ1v) is 11.0. The molecule has 0 bridgehead atoms. The van der Waals surface area contributed by atoms with E-state index in [2.05, 4.69) is 35.6 Å². The molecule has 0 unspecified atom stereocenters. The van der Waals surface area contributed by atoms with Crippen molar-refractivity contribution < 1.29 is 14.3 Å². The van der Waals surface area contributed by atoms with Gasteiger partial charge in [-0.2, -0.15) is 0 Å². The maximum Gasteiger partial charge on any atom is 0.261 e. The molecule has 1 saturated heterocycles. The smallest absolute Gasteiger partial charge is 0.261 e. The van der Waals surface area contributed by atoms with Gasteiger partial charge in [-0.1, -0.05) is 55.3 Å². The van der Waals surface area contributed by atoms with Gasteiger partial charge in [-0.15, -0.1) is 12.4 Å². The highest BCUT2D eigenvalue weighted by molar-refractivity contribution is 6.21. The second-order valence-electron chi connectivity index (χ2n) is 8.21. The number of benzene rings is 2. The number of hydrogen-bond donors (Lipinski definition) is 1. The number of carbonyl (C=O) groups is 2. The molecule has 5 nitrogen and oxygen atoms in total. The van der Waals surface area contributed by atoms with Crippen LogP contribution >= 0.6 is 12.4 Å². The normalized spacial score (nSPS) is 17.4. The SMILES string of the molecule is Cl.O=C1c2ccccc2C(=O)N1CCCCCCNC1(c2ccccc2)CCOCC1. The summed E-state index contributed by atoms with van der Waals surface area (Å²) >= 11 is 0. The lowest BCUT2D eigenvalue weighted by Crippen LogP contribution is -2.47. The zero-order valence-corrected chi connectivity index (χ0v) is 18.7. The van der Waals surface area contributed by atoms with Crippen molar-refractivity contribution in [1.29, 1.82) is 0 Å². The van der Waals surface area contributed by atoms with Crippen LogP contribution in [0.5, 0.6) is 0 Å². The molecule has 0 atom stereocenters. The van der Waals surface area contributed by atoms with Crippen LogP contribution in [-0.4, -0.2) is 43.0 Å². The van der Waals surface area contributed by atoms with E-state index in [1.165, 1.54) is 10.5 Å². The quantitative estimate of drug-likeness (QED) is 0.457. The third-order valence-corrected chi connectivity index (χ3v) is 6.32.